The number of fused-ring (bicyclic) bond motifs is 1. The summed E-state index contributed by atoms with van der Waals surface area (Å²) in [7, 11) is 0. The Morgan fingerprint density at radius 1 is 1.21 bits per heavy atom. The van der Waals surface area contributed by atoms with Crippen LogP contribution >= 0.6 is 11.8 Å². The van der Waals surface area contributed by atoms with Crippen molar-refractivity contribution in [1.82, 2.24) is 4.90 Å². The molecule has 2 bridgehead atoms. The molecule has 1 spiro atoms. The first kappa shape index (κ1) is 29.2. The van der Waals surface area contributed by atoms with Crippen molar-refractivity contribution in [2.75, 3.05) is 42.6 Å². The van der Waals surface area contributed by atoms with E-state index in [1.54, 1.807) is 34.6 Å². The van der Waals surface area contributed by atoms with Crippen LogP contribution in [0.1, 0.15) is 34.1 Å². The van der Waals surface area contributed by atoms with Crippen molar-refractivity contribution < 1.29 is 24.2 Å². The molecule has 0 aromatic heterocycles. The number of thioether (sulfide) groups is 1. The van der Waals surface area contributed by atoms with E-state index in [2.05, 4.69) is 38.8 Å². The Kier molecular flexibility index (Phi) is 8.81. The average molecular weight is 556 g/mol. The molecule has 39 heavy (non-hydrogen) atoms. The van der Waals surface area contributed by atoms with Crippen molar-refractivity contribution in [3.8, 4) is 0 Å². The fraction of sp³-hybridized carbons (Fsp3) is 0.567. The lowest BCUT2D eigenvalue weighted by Crippen LogP contribution is -2.59. The molecule has 0 saturated carbocycles. The maximum Gasteiger partial charge on any atom is 0.311 e. The van der Waals surface area contributed by atoms with Gasteiger partial charge in [0, 0.05) is 36.3 Å². The molecule has 212 valence electrons. The average Bonchev–Trinajstić information content (AvgIpc) is 3.54. The number of hydrogen-bond donors (Lipinski definition) is 1. The van der Waals surface area contributed by atoms with Gasteiger partial charge < -0.3 is 24.5 Å². The standard InChI is InChI=1S/C30H41N3O5S/c1-7-15-32(22-13-11-21(12-14-22)31(9-3)10-4)28(36)26-30-19(5)17-23(39-30)24(29(37)38-16-8-2)25(30)27(35)33(26)20(6)18-34/h7-8,11-14,19-20,23-26,34H,1-2,9-10,15-18H2,3-6H3/t19?,20-,23-,24+,25+,26?,30?/m1/s1. The quantitative estimate of drug-likeness (QED) is 0.312. The van der Waals surface area contributed by atoms with Crippen molar-refractivity contribution in [2.45, 2.75) is 56.2 Å². The third-order valence-corrected chi connectivity index (χ3v) is 10.7. The van der Waals surface area contributed by atoms with Crippen LogP contribution in [0.25, 0.3) is 0 Å². The molecule has 1 aromatic carbocycles. The molecule has 8 nitrogen and oxygen atoms in total. The summed E-state index contributed by atoms with van der Waals surface area (Å²) in [6, 6.07) is 6.45. The molecule has 3 aliphatic rings. The second-order valence-corrected chi connectivity index (χ2v) is 12.2. The van der Waals surface area contributed by atoms with Gasteiger partial charge in [-0.3, -0.25) is 14.4 Å². The Morgan fingerprint density at radius 3 is 2.41 bits per heavy atom. The van der Waals surface area contributed by atoms with Gasteiger partial charge in [-0.1, -0.05) is 25.7 Å². The predicted octanol–water partition coefficient (Wildman–Crippen LogP) is 3.50. The number of amides is 2. The van der Waals surface area contributed by atoms with Crippen LogP contribution in [-0.4, -0.2) is 82.7 Å². The number of aliphatic hydroxyl groups excluding tert-OH is 1. The van der Waals surface area contributed by atoms with E-state index < -0.39 is 34.6 Å². The summed E-state index contributed by atoms with van der Waals surface area (Å²) in [4.78, 5) is 47.4. The number of rotatable bonds is 12. The van der Waals surface area contributed by atoms with Crippen molar-refractivity contribution >= 4 is 40.9 Å². The number of anilines is 2. The van der Waals surface area contributed by atoms with Crippen LogP contribution < -0.4 is 9.80 Å². The predicted molar refractivity (Wildman–Crippen MR) is 156 cm³/mol. The minimum atomic E-state index is -0.832. The molecule has 3 unspecified atom stereocenters. The van der Waals surface area contributed by atoms with Crippen LogP contribution in [0.15, 0.2) is 49.6 Å². The summed E-state index contributed by atoms with van der Waals surface area (Å²) in [5, 5.41) is 10.0. The van der Waals surface area contributed by atoms with E-state index in [1.807, 2.05) is 24.3 Å². The van der Waals surface area contributed by atoms with Crippen LogP contribution in [0.2, 0.25) is 0 Å². The zero-order chi connectivity index (χ0) is 28.5. The monoisotopic (exact) mass is 555 g/mol. The van der Waals surface area contributed by atoms with Gasteiger partial charge in [-0.25, -0.2) is 0 Å². The fourth-order valence-electron chi connectivity index (χ4n) is 6.84. The van der Waals surface area contributed by atoms with Crippen molar-refractivity contribution in [3.63, 3.8) is 0 Å². The summed E-state index contributed by atoms with van der Waals surface area (Å²) >= 11 is 1.59. The molecule has 0 aliphatic carbocycles. The lowest BCUT2D eigenvalue weighted by atomic mass is 9.66. The minimum absolute atomic E-state index is 0.0189. The first-order valence-corrected chi connectivity index (χ1v) is 14.7. The molecule has 3 aliphatic heterocycles. The molecule has 9 heteroatoms. The van der Waals surface area contributed by atoms with Gasteiger partial charge >= 0.3 is 5.97 Å². The number of carbonyl (C=O) groups is 3. The number of carbonyl (C=O) groups excluding carboxylic acids is 3. The number of nitrogens with zero attached hydrogens (tertiary/aromatic N) is 3. The van der Waals surface area contributed by atoms with E-state index >= 15 is 0 Å². The molecule has 3 saturated heterocycles. The second-order valence-electron chi connectivity index (χ2n) is 10.7. The van der Waals surface area contributed by atoms with Crippen molar-refractivity contribution in [2.24, 2.45) is 17.8 Å². The molecule has 1 N–H and O–H groups in total. The Labute approximate surface area is 236 Å². The zero-order valence-electron chi connectivity index (χ0n) is 23.4. The number of benzene rings is 1. The van der Waals surface area contributed by atoms with Gasteiger partial charge in [-0.2, -0.15) is 0 Å². The summed E-state index contributed by atoms with van der Waals surface area (Å²) < 4.78 is 4.64. The molecule has 3 fully saturated rings. The number of likely N-dealkylation sites (tertiary alicyclic amines) is 1. The van der Waals surface area contributed by atoms with Crippen LogP contribution in [0, 0.1) is 17.8 Å². The molecule has 2 amide bonds. The Balaban J connectivity index is 1.77. The van der Waals surface area contributed by atoms with Gasteiger partial charge in [-0.15, -0.1) is 18.3 Å². The van der Waals surface area contributed by atoms with Crippen LogP contribution in [0.3, 0.4) is 0 Å². The molecule has 7 atom stereocenters. The van der Waals surface area contributed by atoms with Gasteiger partial charge in [0.2, 0.25) is 5.91 Å². The van der Waals surface area contributed by atoms with Crippen LogP contribution in [-0.2, 0) is 19.1 Å². The Hall–Kier alpha value is -2.78. The van der Waals surface area contributed by atoms with Gasteiger partial charge in [0.25, 0.3) is 5.91 Å². The number of hydrogen-bond acceptors (Lipinski definition) is 7. The maximum absolute atomic E-state index is 14.6. The highest BCUT2D eigenvalue weighted by atomic mass is 32.2. The van der Waals surface area contributed by atoms with Gasteiger partial charge in [-0.05, 0) is 57.4 Å². The van der Waals surface area contributed by atoms with Crippen molar-refractivity contribution in [1.29, 1.82) is 0 Å². The fourth-order valence-corrected chi connectivity index (χ4v) is 9.23. The zero-order valence-corrected chi connectivity index (χ0v) is 24.2. The first-order chi connectivity index (χ1) is 18.7. The second kappa shape index (κ2) is 11.8. The van der Waals surface area contributed by atoms with E-state index in [4.69, 9.17) is 4.74 Å². The first-order valence-electron chi connectivity index (χ1n) is 13.9. The van der Waals surface area contributed by atoms with E-state index in [0.717, 1.165) is 18.8 Å². The van der Waals surface area contributed by atoms with Gasteiger partial charge in [0.1, 0.15) is 12.6 Å². The van der Waals surface area contributed by atoms with Crippen molar-refractivity contribution in [3.05, 3.63) is 49.6 Å². The summed E-state index contributed by atoms with van der Waals surface area (Å²) in [5.74, 6) is -2.20. The van der Waals surface area contributed by atoms with E-state index in [1.165, 1.54) is 6.08 Å². The van der Waals surface area contributed by atoms with E-state index in [9.17, 15) is 19.5 Å². The lowest BCUT2D eigenvalue weighted by molar-refractivity contribution is -0.153. The lowest BCUT2D eigenvalue weighted by Gasteiger charge is -2.41. The molecule has 3 heterocycles. The third-order valence-electron chi connectivity index (χ3n) is 8.64. The van der Waals surface area contributed by atoms with Gasteiger partial charge in [0.15, 0.2) is 0 Å². The molecular formula is C30H41N3O5S. The van der Waals surface area contributed by atoms with Crippen LogP contribution in [0.4, 0.5) is 11.4 Å². The number of ether oxygens (including phenoxy) is 1. The number of esters is 1. The third kappa shape index (κ3) is 4.67. The number of aliphatic hydroxyl groups is 1. The minimum Gasteiger partial charge on any atom is -0.461 e. The molecular weight excluding hydrogens is 514 g/mol. The van der Waals surface area contributed by atoms with Crippen LogP contribution in [0.5, 0.6) is 0 Å². The largest absolute Gasteiger partial charge is 0.461 e. The van der Waals surface area contributed by atoms with E-state index in [0.29, 0.717) is 12.1 Å². The van der Waals surface area contributed by atoms with Gasteiger partial charge in [0.05, 0.1) is 29.2 Å². The molecule has 4 rings (SSSR count). The normalized spacial score (nSPS) is 29.6. The molecule has 0 radical (unpaired) electrons. The summed E-state index contributed by atoms with van der Waals surface area (Å²) in [6.07, 6.45) is 3.91. The Morgan fingerprint density at radius 2 is 1.85 bits per heavy atom. The molecule has 1 aromatic rings. The summed E-state index contributed by atoms with van der Waals surface area (Å²) in [5.41, 5.74) is 1.78. The highest BCUT2D eigenvalue weighted by molar-refractivity contribution is 8.02. The SMILES string of the molecule is C=CCOC(=O)[C@@H]1[C@H]2C(=O)N([C@H](C)CO)C(C(=O)N(CC=C)c3ccc(N(CC)CC)cc3)C23S[C@@H]1CC3C. The summed E-state index contributed by atoms with van der Waals surface area (Å²) in [6.45, 7) is 17.3. The topological polar surface area (TPSA) is 90.4 Å². The highest BCUT2D eigenvalue weighted by Gasteiger charge is 2.77. The highest BCUT2D eigenvalue weighted by Crippen LogP contribution is 2.69. The Bertz CT molecular complexity index is 1110. The van der Waals surface area contributed by atoms with E-state index in [-0.39, 0.29) is 42.7 Å². The maximum atomic E-state index is 14.6. The smallest absolute Gasteiger partial charge is 0.311 e.